The third-order valence-electron chi connectivity index (χ3n) is 3.60. The largest absolute Gasteiger partial charge is 0.438 e. The fraction of sp³-hybridized carbons (Fsp3) is 0. The van der Waals surface area contributed by atoms with Gasteiger partial charge < -0.3 is 4.74 Å². The molecule has 0 aliphatic rings. The van der Waals surface area contributed by atoms with E-state index in [0.29, 0.717) is 5.75 Å². The van der Waals surface area contributed by atoms with Gasteiger partial charge in [-0.05, 0) is 36.4 Å². The quantitative estimate of drug-likeness (QED) is 0.520. The Kier molecular flexibility index (Phi) is 5.56. The molecule has 3 aromatic rings. The molecule has 0 aliphatic carbocycles. The molecule has 0 radical (unpaired) electrons. The van der Waals surface area contributed by atoms with Crippen molar-refractivity contribution >= 4 is 17.5 Å². The second-order valence-electron chi connectivity index (χ2n) is 5.48. The van der Waals surface area contributed by atoms with E-state index in [2.05, 4.69) is 15.8 Å². The molecule has 0 unspecified atom stereocenters. The number of para-hydroxylation sites is 1. The van der Waals surface area contributed by atoms with Crippen molar-refractivity contribution in [2.45, 2.75) is 0 Å². The van der Waals surface area contributed by atoms with E-state index in [4.69, 9.17) is 4.74 Å². The van der Waals surface area contributed by atoms with E-state index in [0.717, 1.165) is 0 Å². The predicted molar refractivity (Wildman–Crippen MR) is 98.8 cm³/mol. The molecule has 9 nitrogen and oxygen atoms in total. The highest BCUT2D eigenvalue weighted by atomic mass is 16.6. The van der Waals surface area contributed by atoms with Crippen LogP contribution in [0.5, 0.6) is 11.6 Å². The minimum absolute atomic E-state index is 0.0794. The summed E-state index contributed by atoms with van der Waals surface area (Å²) in [5.74, 6) is -0.673. The van der Waals surface area contributed by atoms with Gasteiger partial charge in [-0.25, -0.2) is 4.98 Å². The van der Waals surface area contributed by atoms with Crippen molar-refractivity contribution in [3.05, 3.63) is 94.2 Å². The van der Waals surface area contributed by atoms with Gasteiger partial charge in [0, 0.05) is 23.9 Å². The van der Waals surface area contributed by atoms with Gasteiger partial charge in [-0.3, -0.25) is 30.6 Å². The van der Waals surface area contributed by atoms with Crippen LogP contribution in [0.2, 0.25) is 0 Å². The summed E-state index contributed by atoms with van der Waals surface area (Å²) in [7, 11) is 0. The van der Waals surface area contributed by atoms with Crippen LogP contribution < -0.4 is 15.6 Å². The smallest absolute Gasteiger partial charge is 0.275 e. The van der Waals surface area contributed by atoms with Crippen LogP contribution in [0.3, 0.4) is 0 Å². The minimum atomic E-state index is -0.630. The molecule has 2 N–H and O–H groups in total. The van der Waals surface area contributed by atoms with Crippen molar-refractivity contribution < 1.29 is 19.2 Å². The fourth-order valence-corrected chi connectivity index (χ4v) is 2.23. The van der Waals surface area contributed by atoms with Crippen molar-refractivity contribution in [1.29, 1.82) is 0 Å². The van der Waals surface area contributed by atoms with E-state index in [1.165, 1.54) is 36.5 Å². The van der Waals surface area contributed by atoms with Gasteiger partial charge in [0.15, 0.2) is 0 Å². The predicted octanol–water partition coefficient (Wildman–Crippen LogP) is 2.86. The number of aromatic nitrogens is 1. The second kappa shape index (κ2) is 8.41. The normalized spacial score (nSPS) is 10.0. The lowest BCUT2D eigenvalue weighted by Crippen LogP contribution is -2.41. The summed E-state index contributed by atoms with van der Waals surface area (Å²) in [6.45, 7) is 0. The van der Waals surface area contributed by atoms with Crippen molar-refractivity contribution in [2.24, 2.45) is 0 Å². The highest BCUT2D eigenvalue weighted by Crippen LogP contribution is 2.22. The van der Waals surface area contributed by atoms with E-state index in [9.17, 15) is 19.7 Å². The molecule has 28 heavy (non-hydrogen) atoms. The van der Waals surface area contributed by atoms with E-state index in [1.54, 1.807) is 30.3 Å². The Morgan fingerprint density at radius 2 is 1.57 bits per heavy atom. The van der Waals surface area contributed by atoms with Crippen molar-refractivity contribution in [2.75, 3.05) is 0 Å². The number of nitrogens with one attached hydrogen (secondary N) is 2. The minimum Gasteiger partial charge on any atom is -0.438 e. The number of carbonyl (C=O) groups is 2. The first-order chi connectivity index (χ1) is 13.5. The molecule has 0 bridgehead atoms. The van der Waals surface area contributed by atoms with Crippen LogP contribution in [-0.2, 0) is 0 Å². The molecular formula is C19H14N4O5. The number of pyridine rings is 1. The van der Waals surface area contributed by atoms with Crippen LogP contribution in [0.4, 0.5) is 5.69 Å². The molecule has 0 saturated carbocycles. The molecule has 0 aliphatic heterocycles. The van der Waals surface area contributed by atoms with Gasteiger partial charge in [0.25, 0.3) is 17.5 Å². The zero-order chi connectivity index (χ0) is 19.9. The van der Waals surface area contributed by atoms with E-state index in [1.807, 2.05) is 6.07 Å². The lowest BCUT2D eigenvalue weighted by molar-refractivity contribution is -0.384. The first-order valence-electron chi connectivity index (χ1n) is 8.07. The number of non-ortho nitro benzene ring substituents is 1. The van der Waals surface area contributed by atoms with Gasteiger partial charge in [-0.1, -0.05) is 18.2 Å². The summed E-state index contributed by atoms with van der Waals surface area (Å²) in [5.41, 5.74) is 4.65. The summed E-state index contributed by atoms with van der Waals surface area (Å²) in [5, 5.41) is 10.6. The Bertz CT molecular complexity index is 1010. The van der Waals surface area contributed by atoms with E-state index in [-0.39, 0.29) is 22.7 Å². The lowest BCUT2D eigenvalue weighted by Gasteiger charge is -2.11. The Balaban J connectivity index is 1.66. The number of nitro benzene ring substituents is 1. The van der Waals surface area contributed by atoms with E-state index < -0.39 is 16.7 Å². The molecule has 1 aromatic heterocycles. The SMILES string of the molecule is O=C(NNC(=O)c1cccnc1Oc1ccccc1)c1ccc([N+](=O)[O-])cc1. The molecule has 3 rings (SSSR count). The Morgan fingerprint density at radius 1 is 0.893 bits per heavy atom. The zero-order valence-corrected chi connectivity index (χ0v) is 14.4. The van der Waals surface area contributed by atoms with Crippen LogP contribution in [0, 0.1) is 10.1 Å². The number of hydrogen-bond donors (Lipinski definition) is 2. The standard InChI is InChI=1S/C19H14N4O5/c24-17(13-8-10-14(11-9-13)23(26)27)21-22-18(25)16-7-4-12-20-19(16)28-15-5-2-1-3-6-15/h1-12H,(H,21,24)(H,22,25). The number of amides is 2. The number of carbonyl (C=O) groups excluding carboxylic acids is 2. The monoisotopic (exact) mass is 378 g/mol. The van der Waals surface area contributed by atoms with Crippen molar-refractivity contribution in [3.63, 3.8) is 0 Å². The number of hydrazine groups is 1. The van der Waals surface area contributed by atoms with Crippen LogP contribution >= 0.6 is 0 Å². The topological polar surface area (TPSA) is 123 Å². The third-order valence-corrected chi connectivity index (χ3v) is 3.60. The maximum absolute atomic E-state index is 12.4. The van der Waals surface area contributed by atoms with Gasteiger partial charge in [0.1, 0.15) is 11.3 Å². The first kappa shape index (κ1) is 18.5. The number of nitrogens with zero attached hydrogens (tertiary/aromatic N) is 2. The third kappa shape index (κ3) is 4.47. The van der Waals surface area contributed by atoms with Crippen LogP contribution in [0.15, 0.2) is 72.9 Å². The van der Waals surface area contributed by atoms with Crippen molar-refractivity contribution in [1.82, 2.24) is 15.8 Å². The first-order valence-corrected chi connectivity index (χ1v) is 8.07. The Morgan fingerprint density at radius 3 is 2.25 bits per heavy atom. The summed E-state index contributed by atoms with van der Waals surface area (Å²) in [6.07, 6.45) is 1.48. The number of ether oxygens (including phenoxy) is 1. The molecule has 140 valence electrons. The zero-order valence-electron chi connectivity index (χ0n) is 14.4. The lowest BCUT2D eigenvalue weighted by atomic mass is 10.2. The Hall–Kier alpha value is -4.27. The number of benzene rings is 2. The molecule has 2 amide bonds. The van der Waals surface area contributed by atoms with Gasteiger partial charge in [0.2, 0.25) is 5.88 Å². The van der Waals surface area contributed by atoms with Gasteiger partial charge in [-0.15, -0.1) is 0 Å². The molecule has 0 atom stereocenters. The second-order valence-corrected chi connectivity index (χ2v) is 5.48. The molecule has 0 saturated heterocycles. The maximum atomic E-state index is 12.4. The van der Waals surface area contributed by atoms with Crippen LogP contribution in [-0.4, -0.2) is 21.7 Å². The summed E-state index contributed by atoms with van der Waals surface area (Å²) in [4.78, 5) is 38.6. The summed E-state index contributed by atoms with van der Waals surface area (Å²) >= 11 is 0. The molecular weight excluding hydrogens is 364 g/mol. The summed E-state index contributed by atoms with van der Waals surface area (Å²) < 4.78 is 5.61. The highest BCUT2D eigenvalue weighted by molar-refractivity contribution is 6.00. The van der Waals surface area contributed by atoms with E-state index >= 15 is 0 Å². The fourth-order valence-electron chi connectivity index (χ4n) is 2.23. The highest BCUT2D eigenvalue weighted by Gasteiger charge is 2.16. The number of rotatable bonds is 5. The number of hydrogen-bond acceptors (Lipinski definition) is 6. The summed E-state index contributed by atoms with van der Waals surface area (Å²) in [6, 6.07) is 16.8. The Labute approximate surface area is 159 Å². The van der Waals surface area contributed by atoms with Crippen molar-refractivity contribution in [3.8, 4) is 11.6 Å². The average Bonchev–Trinajstić information content (AvgIpc) is 2.73. The number of nitro groups is 1. The average molecular weight is 378 g/mol. The molecule has 2 aromatic carbocycles. The molecule has 0 spiro atoms. The molecule has 1 heterocycles. The van der Waals surface area contributed by atoms with Gasteiger partial charge in [0.05, 0.1) is 4.92 Å². The van der Waals surface area contributed by atoms with Crippen LogP contribution in [0.1, 0.15) is 20.7 Å². The van der Waals surface area contributed by atoms with Gasteiger partial charge >= 0.3 is 0 Å². The maximum Gasteiger partial charge on any atom is 0.275 e. The van der Waals surface area contributed by atoms with Crippen LogP contribution in [0.25, 0.3) is 0 Å². The molecule has 9 heteroatoms. The molecule has 0 fully saturated rings. The van der Waals surface area contributed by atoms with Gasteiger partial charge in [-0.2, -0.15) is 0 Å².